The van der Waals surface area contributed by atoms with E-state index in [2.05, 4.69) is 15.8 Å². The monoisotopic (exact) mass is 445 g/mol. The maximum atomic E-state index is 12.3. The molecule has 0 aliphatic heterocycles. The van der Waals surface area contributed by atoms with E-state index in [0.717, 1.165) is 27.5 Å². The van der Waals surface area contributed by atoms with Gasteiger partial charge < -0.3 is 4.74 Å². The van der Waals surface area contributed by atoms with E-state index in [9.17, 15) is 4.79 Å². The van der Waals surface area contributed by atoms with Crippen molar-refractivity contribution in [2.75, 3.05) is 12.0 Å². The van der Waals surface area contributed by atoms with Crippen LogP contribution in [0.1, 0.15) is 0 Å². The molecule has 0 spiro atoms. The summed E-state index contributed by atoms with van der Waals surface area (Å²) in [5, 5.41) is 2.65. The van der Waals surface area contributed by atoms with Gasteiger partial charge >= 0.3 is 0 Å². The molecule has 0 saturated carbocycles. The van der Waals surface area contributed by atoms with E-state index in [0.29, 0.717) is 10.0 Å². The molecule has 0 atom stereocenters. The Kier molecular flexibility index (Phi) is 5.62. The number of fused-ring (bicyclic) bond motifs is 2. The summed E-state index contributed by atoms with van der Waals surface area (Å²) < 4.78 is 5.46. The maximum Gasteiger partial charge on any atom is 0.276 e. The van der Waals surface area contributed by atoms with E-state index in [4.69, 9.17) is 39.5 Å². The van der Waals surface area contributed by atoms with Crippen molar-refractivity contribution in [3.8, 4) is 5.75 Å². The fraction of sp³-hybridized carbons (Fsp3) is 0.0476. The van der Waals surface area contributed by atoms with Crippen LogP contribution in [-0.2, 0) is 4.79 Å². The molecule has 0 saturated heterocycles. The molecule has 0 aliphatic carbocycles. The zero-order valence-electron chi connectivity index (χ0n) is 14.9. The molecule has 8 heteroatoms. The number of para-hydroxylation sites is 2. The molecular weight excluding hydrogens is 433 g/mol. The van der Waals surface area contributed by atoms with Gasteiger partial charge in [0.15, 0.2) is 6.61 Å². The number of carbonyl (C=O) groups excluding carboxylic acids is 1. The first-order valence-corrected chi connectivity index (χ1v) is 9.76. The summed E-state index contributed by atoms with van der Waals surface area (Å²) in [7, 11) is 0. The zero-order chi connectivity index (χ0) is 20.4. The van der Waals surface area contributed by atoms with Gasteiger partial charge in [0.25, 0.3) is 5.91 Å². The van der Waals surface area contributed by atoms with Gasteiger partial charge in [-0.1, -0.05) is 71.2 Å². The molecular formula is C21H14Cl3N3O2. The number of hydrogen-bond acceptors (Lipinski definition) is 4. The first-order chi connectivity index (χ1) is 14.0. The SMILES string of the molecule is O=C(COc1cc(Cl)c(Cl)cc1Cl)NNc1c2ccccc2nc2ccccc12. The Morgan fingerprint density at radius 3 is 2.10 bits per heavy atom. The summed E-state index contributed by atoms with van der Waals surface area (Å²) in [4.78, 5) is 17.0. The Labute approximate surface area is 181 Å². The van der Waals surface area contributed by atoms with Gasteiger partial charge in [-0.05, 0) is 18.2 Å². The van der Waals surface area contributed by atoms with E-state index in [1.165, 1.54) is 12.1 Å². The van der Waals surface area contributed by atoms with Crippen LogP contribution >= 0.6 is 34.8 Å². The number of halogens is 3. The highest BCUT2D eigenvalue weighted by molar-refractivity contribution is 6.43. The Hall–Kier alpha value is -2.73. The molecule has 146 valence electrons. The Balaban J connectivity index is 1.52. The molecule has 29 heavy (non-hydrogen) atoms. The van der Waals surface area contributed by atoms with Crippen LogP contribution in [-0.4, -0.2) is 17.5 Å². The summed E-state index contributed by atoms with van der Waals surface area (Å²) in [5.74, 6) is -0.117. The maximum absolute atomic E-state index is 12.3. The van der Waals surface area contributed by atoms with E-state index in [1.54, 1.807) is 0 Å². The lowest BCUT2D eigenvalue weighted by molar-refractivity contribution is -0.122. The number of benzene rings is 3. The van der Waals surface area contributed by atoms with Gasteiger partial charge in [-0.2, -0.15) is 0 Å². The number of nitrogens with one attached hydrogen (secondary N) is 2. The van der Waals surface area contributed by atoms with E-state index < -0.39 is 5.91 Å². The van der Waals surface area contributed by atoms with E-state index in [-0.39, 0.29) is 17.4 Å². The third-order valence-electron chi connectivity index (χ3n) is 4.25. The molecule has 4 rings (SSSR count). The van der Waals surface area contributed by atoms with Gasteiger partial charge in [-0.25, -0.2) is 4.98 Å². The average Bonchev–Trinajstić information content (AvgIpc) is 2.72. The minimum Gasteiger partial charge on any atom is -0.482 e. The van der Waals surface area contributed by atoms with Crippen molar-refractivity contribution in [3.05, 3.63) is 75.7 Å². The largest absolute Gasteiger partial charge is 0.482 e. The van der Waals surface area contributed by atoms with Crippen molar-refractivity contribution in [1.82, 2.24) is 10.4 Å². The minimum atomic E-state index is -0.392. The lowest BCUT2D eigenvalue weighted by Gasteiger charge is -2.14. The van der Waals surface area contributed by atoms with Crippen molar-refractivity contribution < 1.29 is 9.53 Å². The summed E-state index contributed by atoms with van der Waals surface area (Å²) in [5.41, 5.74) is 8.06. The van der Waals surface area contributed by atoms with Crippen LogP contribution < -0.4 is 15.6 Å². The van der Waals surface area contributed by atoms with Gasteiger partial charge in [0.1, 0.15) is 5.75 Å². The Morgan fingerprint density at radius 2 is 1.45 bits per heavy atom. The van der Waals surface area contributed by atoms with Crippen LogP contribution in [0.15, 0.2) is 60.7 Å². The number of nitrogens with zero attached hydrogens (tertiary/aromatic N) is 1. The first-order valence-electron chi connectivity index (χ1n) is 8.62. The lowest BCUT2D eigenvalue weighted by Crippen LogP contribution is -2.33. The number of aromatic nitrogens is 1. The number of pyridine rings is 1. The fourth-order valence-corrected chi connectivity index (χ4v) is 3.49. The van der Waals surface area contributed by atoms with Crippen LogP contribution in [0.4, 0.5) is 5.69 Å². The van der Waals surface area contributed by atoms with Crippen molar-refractivity contribution in [2.45, 2.75) is 0 Å². The first kappa shape index (κ1) is 19.6. The molecule has 0 unspecified atom stereocenters. The molecule has 1 amide bonds. The highest BCUT2D eigenvalue weighted by Crippen LogP contribution is 2.34. The lowest BCUT2D eigenvalue weighted by atomic mass is 10.1. The minimum absolute atomic E-state index is 0.258. The van der Waals surface area contributed by atoms with Gasteiger partial charge in [0.2, 0.25) is 0 Å². The molecule has 5 nitrogen and oxygen atoms in total. The predicted octanol–water partition coefficient (Wildman–Crippen LogP) is 5.87. The smallest absolute Gasteiger partial charge is 0.276 e. The molecule has 2 N–H and O–H groups in total. The number of rotatable bonds is 5. The second-order valence-electron chi connectivity index (χ2n) is 6.18. The Morgan fingerprint density at radius 1 is 0.862 bits per heavy atom. The van der Waals surface area contributed by atoms with Gasteiger partial charge in [0, 0.05) is 16.8 Å². The van der Waals surface area contributed by atoms with Crippen LogP contribution in [0.25, 0.3) is 21.8 Å². The van der Waals surface area contributed by atoms with Gasteiger partial charge in [-0.3, -0.25) is 15.6 Å². The molecule has 0 radical (unpaired) electrons. The molecule has 1 aromatic heterocycles. The third kappa shape index (κ3) is 4.17. The second kappa shape index (κ2) is 8.33. The highest BCUT2D eigenvalue weighted by Gasteiger charge is 2.12. The van der Waals surface area contributed by atoms with Crippen molar-refractivity contribution in [1.29, 1.82) is 0 Å². The predicted molar refractivity (Wildman–Crippen MR) is 118 cm³/mol. The summed E-state index contributed by atoms with van der Waals surface area (Å²) in [6, 6.07) is 18.3. The Bertz CT molecular complexity index is 1180. The number of anilines is 1. The fourth-order valence-electron chi connectivity index (χ4n) is 2.90. The summed E-state index contributed by atoms with van der Waals surface area (Å²) >= 11 is 17.9. The standard InChI is InChI=1S/C21H14Cl3N3O2/c22-14-9-16(24)19(10-15(14)23)29-11-20(28)26-27-21-12-5-1-3-7-17(12)25-18-8-4-2-6-13(18)21/h1-10H,11H2,(H,25,27)(H,26,28). The van der Waals surface area contributed by atoms with Crippen LogP contribution in [0.3, 0.4) is 0 Å². The number of carbonyl (C=O) groups is 1. The van der Waals surface area contributed by atoms with E-state index >= 15 is 0 Å². The molecule has 3 aromatic carbocycles. The molecule has 0 fully saturated rings. The summed E-state index contributed by atoms with van der Waals surface area (Å²) in [6.07, 6.45) is 0. The molecule has 0 bridgehead atoms. The molecule has 0 aliphatic rings. The van der Waals surface area contributed by atoms with Crippen molar-refractivity contribution >= 4 is 68.2 Å². The topological polar surface area (TPSA) is 63.2 Å². The van der Waals surface area contributed by atoms with Crippen molar-refractivity contribution in [2.24, 2.45) is 0 Å². The van der Waals surface area contributed by atoms with Crippen molar-refractivity contribution in [3.63, 3.8) is 0 Å². The van der Waals surface area contributed by atoms with E-state index in [1.807, 2.05) is 48.5 Å². The van der Waals surface area contributed by atoms with Crippen LogP contribution in [0.5, 0.6) is 5.75 Å². The van der Waals surface area contributed by atoms with Crippen LogP contribution in [0.2, 0.25) is 15.1 Å². The zero-order valence-corrected chi connectivity index (χ0v) is 17.1. The second-order valence-corrected chi connectivity index (χ2v) is 7.40. The van der Waals surface area contributed by atoms with Gasteiger partial charge in [-0.15, -0.1) is 0 Å². The normalized spacial score (nSPS) is 10.9. The number of amides is 1. The number of hydrogen-bond donors (Lipinski definition) is 2. The molecule has 4 aromatic rings. The number of hydrazine groups is 1. The molecule has 1 heterocycles. The average molecular weight is 447 g/mol. The van der Waals surface area contributed by atoms with Crippen LogP contribution in [0, 0.1) is 0 Å². The quantitative estimate of drug-likeness (QED) is 0.229. The number of ether oxygens (including phenoxy) is 1. The van der Waals surface area contributed by atoms with Gasteiger partial charge in [0.05, 0.1) is 31.8 Å². The summed E-state index contributed by atoms with van der Waals surface area (Å²) in [6.45, 7) is -0.258. The third-order valence-corrected chi connectivity index (χ3v) is 5.27. The highest BCUT2D eigenvalue weighted by atomic mass is 35.5.